The summed E-state index contributed by atoms with van der Waals surface area (Å²) >= 11 is 0.780. The first-order valence-corrected chi connectivity index (χ1v) is 11.6. The van der Waals surface area contributed by atoms with E-state index in [0.717, 1.165) is 42.3 Å². The van der Waals surface area contributed by atoms with Crippen molar-refractivity contribution in [2.75, 3.05) is 26.7 Å². The van der Waals surface area contributed by atoms with Crippen molar-refractivity contribution < 1.29 is 28.3 Å². The van der Waals surface area contributed by atoms with E-state index < -0.39 is 17.1 Å². The maximum Gasteiger partial charge on any atom is 0.338 e. The SMILES string of the molecule is COC(=O)c1ccccc1-c1ccc(C=C2SC(=O)N(CC(=O)N3CCCCCC3)C2=O)o1. The Morgan fingerprint density at radius 2 is 1.79 bits per heavy atom. The van der Waals surface area contributed by atoms with Gasteiger partial charge in [0.25, 0.3) is 11.1 Å². The minimum absolute atomic E-state index is 0.186. The minimum Gasteiger partial charge on any atom is -0.465 e. The highest BCUT2D eigenvalue weighted by atomic mass is 32.2. The van der Waals surface area contributed by atoms with Gasteiger partial charge in [-0.15, -0.1) is 0 Å². The second kappa shape index (κ2) is 10.1. The zero-order chi connectivity index (χ0) is 23.4. The van der Waals surface area contributed by atoms with Crippen LogP contribution in [0.3, 0.4) is 0 Å². The molecule has 0 atom stereocenters. The number of furan rings is 1. The molecule has 3 heterocycles. The number of thioether (sulfide) groups is 1. The highest BCUT2D eigenvalue weighted by Crippen LogP contribution is 2.34. The topological polar surface area (TPSA) is 97.1 Å². The van der Waals surface area contributed by atoms with Gasteiger partial charge in [0.15, 0.2) is 0 Å². The van der Waals surface area contributed by atoms with Gasteiger partial charge in [0.2, 0.25) is 5.91 Å². The highest BCUT2D eigenvalue weighted by Gasteiger charge is 2.37. The van der Waals surface area contributed by atoms with Gasteiger partial charge in [-0.1, -0.05) is 31.0 Å². The Morgan fingerprint density at radius 3 is 2.52 bits per heavy atom. The van der Waals surface area contributed by atoms with E-state index in [1.807, 2.05) is 0 Å². The number of amides is 3. The van der Waals surface area contributed by atoms with Gasteiger partial charge in [0, 0.05) is 24.7 Å². The van der Waals surface area contributed by atoms with Crippen molar-refractivity contribution in [3.63, 3.8) is 0 Å². The second-order valence-corrected chi connectivity index (χ2v) is 8.80. The lowest BCUT2D eigenvalue weighted by atomic mass is 10.1. The molecule has 0 saturated carbocycles. The van der Waals surface area contributed by atoms with Crippen molar-refractivity contribution >= 4 is 40.9 Å². The second-order valence-electron chi connectivity index (χ2n) is 7.80. The van der Waals surface area contributed by atoms with E-state index >= 15 is 0 Å². The first-order valence-electron chi connectivity index (χ1n) is 10.8. The van der Waals surface area contributed by atoms with Gasteiger partial charge in [-0.05, 0) is 42.8 Å². The third-order valence-electron chi connectivity index (χ3n) is 5.62. The van der Waals surface area contributed by atoms with E-state index in [9.17, 15) is 19.2 Å². The lowest BCUT2D eigenvalue weighted by Crippen LogP contribution is -2.42. The van der Waals surface area contributed by atoms with Crippen LogP contribution in [-0.2, 0) is 14.3 Å². The van der Waals surface area contributed by atoms with Crippen molar-refractivity contribution in [1.29, 1.82) is 0 Å². The molecule has 2 fully saturated rings. The van der Waals surface area contributed by atoms with E-state index in [1.165, 1.54) is 13.2 Å². The number of nitrogens with zero attached hydrogens (tertiary/aromatic N) is 2. The van der Waals surface area contributed by atoms with Crippen molar-refractivity contribution in [1.82, 2.24) is 9.80 Å². The van der Waals surface area contributed by atoms with Gasteiger partial charge in [-0.3, -0.25) is 19.3 Å². The van der Waals surface area contributed by atoms with Crippen molar-refractivity contribution in [3.8, 4) is 11.3 Å². The molecule has 0 spiro atoms. The number of likely N-dealkylation sites (tertiary alicyclic amines) is 1. The molecule has 0 bridgehead atoms. The molecule has 172 valence electrons. The molecule has 1 aromatic carbocycles. The van der Waals surface area contributed by atoms with Gasteiger partial charge in [0.1, 0.15) is 18.1 Å². The smallest absolute Gasteiger partial charge is 0.338 e. The van der Waals surface area contributed by atoms with E-state index in [4.69, 9.17) is 9.15 Å². The average molecular weight is 469 g/mol. The van der Waals surface area contributed by atoms with E-state index in [-0.39, 0.29) is 17.4 Å². The first-order chi connectivity index (χ1) is 16.0. The van der Waals surface area contributed by atoms with Crippen LogP contribution in [0.15, 0.2) is 45.7 Å². The van der Waals surface area contributed by atoms with Gasteiger partial charge < -0.3 is 14.1 Å². The summed E-state index contributed by atoms with van der Waals surface area (Å²) in [5, 5.41) is -0.475. The number of rotatable bonds is 5. The summed E-state index contributed by atoms with van der Waals surface area (Å²) in [6.45, 7) is 1.07. The monoisotopic (exact) mass is 468 g/mol. The normalized spacial score (nSPS) is 18.0. The molecule has 2 saturated heterocycles. The summed E-state index contributed by atoms with van der Waals surface area (Å²) in [5.74, 6) is -0.424. The van der Waals surface area contributed by atoms with Crippen LogP contribution in [0.5, 0.6) is 0 Å². The zero-order valence-corrected chi connectivity index (χ0v) is 19.1. The van der Waals surface area contributed by atoms with E-state index in [1.54, 1.807) is 41.3 Å². The van der Waals surface area contributed by atoms with Gasteiger partial charge in [-0.25, -0.2) is 4.79 Å². The number of hydrogen-bond acceptors (Lipinski definition) is 7. The van der Waals surface area contributed by atoms with Crippen LogP contribution in [0.4, 0.5) is 4.79 Å². The number of hydrogen-bond donors (Lipinski definition) is 0. The molecule has 33 heavy (non-hydrogen) atoms. The third kappa shape index (κ3) is 5.03. The highest BCUT2D eigenvalue weighted by molar-refractivity contribution is 8.18. The quantitative estimate of drug-likeness (QED) is 0.480. The summed E-state index contributed by atoms with van der Waals surface area (Å²) < 4.78 is 10.6. The van der Waals surface area contributed by atoms with Gasteiger partial charge >= 0.3 is 5.97 Å². The van der Waals surface area contributed by atoms with Crippen LogP contribution in [0.2, 0.25) is 0 Å². The Labute approximate surface area is 195 Å². The van der Waals surface area contributed by atoms with Crippen molar-refractivity contribution in [2.45, 2.75) is 25.7 Å². The molecule has 2 aliphatic rings. The van der Waals surface area contributed by atoms with Crippen molar-refractivity contribution in [2.24, 2.45) is 0 Å². The molecule has 9 heteroatoms. The fourth-order valence-corrected chi connectivity index (χ4v) is 4.70. The Balaban J connectivity index is 1.49. The molecule has 0 radical (unpaired) electrons. The Bertz CT molecular complexity index is 1110. The number of carbonyl (C=O) groups is 4. The molecule has 2 aromatic rings. The summed E-state index contributed by atoms with van der Waals surface area (Å²) in [7, 11) is 1.31. The molecule has 4 rings (SSSR count). The minimum atomic E-state index is -0.513. The fraction of sp³-hybridized carbons (Fsp3) is 0.333. The number of imide groups is 1. The third-order valence-corrected chi connectivity index (χ3v) is 6.53. The number of carbonyl (C=O) groups excluding carboxylic acids is 4. The van der Waals surface area contributed by atoms with Crippen LogP contribution in [0.1, 0.15) is 41.8 Å². The number of ether oxygens (including phenoxy) is 1. The van der Waals surface area contributed by atoms with Crippen LogP contribution < -0.4 is 0 Å². The molecule has 1 aromatic heterocycles. The summed E-state index contributed by atoms with van der Waals surface area (Å²) in [5.41, 5.74) is 0.911. The number of methoxy groups -OCH3 is 1. The van der Waals surface area contributed by atoms with Gasteiger partial charge in [-0.2, -0.15) is 0 Å². The van der Waals surface area contributed by atoms with Crippen LogP contribution in [-0.4, -0.2) is 59.6 Å². The molecule has 8 nitrogen and oxygen atoms in total. The average Bonchev–Trinajstić information content (AvgIpc) is 3.25. The molecular formula is C24H24N2O6S. The molecule has 0 unspecified atom stereocenters. The predicted molar refractivity (Wildman–Crippen MR) is 123 cm³/mol. The Morgan fingerprint density at radius 1 is 1.06 bits per heavy atom. The molecule has 0 N–H and O–H groups in total. The Kier molecular flexibility index (Phi) is 6.98. The number of benzene rings is 1. The number of esters is 1. The molecule has 0 aliphatic carbocycles. The summed E-state index contributed by atoms with van der Waals surface area (Å²) in [4.78, 5) is 52.8. The molecule has 3 amide bonds. The lowest BCUT2D eigenvalue weighted by Gasteiger charge is -2.22. The van der Waals surface area contributed by atoms with Crippen LogP contribution in [0, 0.1) is 0 Å². The maximum atomic E-state index is 12.8. The molecule has 2 aliphatic heterocycles. The zero-order valence-electron chi connectivity index (χ0n) is 18.2. The van der Waals surface area contributed by atoms with Crippen molar-refractivity contribution in [3.05, 3.63) is 52.6 Å². The molecular weight excluding hydrogens is 444 g/mol. The van der Waals surface area contributed by atoms with E-state index in [0.29, 0.717) is 35.7 Å². The lowest BCUT2D eigenvalue weighted by molar-refractivity contribution is -0.135. The maximum absolute atomic E-state index is 12.8. The summed E-state index contributed by atoms with van der Waals surface area (Å²) in [6.07, 6.45) is 5.53. The first kappa shape index (κ1) is 22.8. The summed E-state index contributed by atoms with van der Waals surface area (Å²) in [6, 6.07) is 10.2. The van der Waals surface area contributed by atoms with Crippen LogP contribution >= 0.6 is 11.8 Å². The predicted octanol–water partition coefficient (Wildman–Crippen LogP) is 4.17. The van der Waals surface area contributed by atoms with Crippen LogP contribution in [0.25, 0.3) is 17.4 Å². The Hall–Kier alpha value is -3.33. The standard InChI is InChI=1S/C24H24N2O6S/c1-31-23(29)18-9-5-4-8-17(18)19-11-10-16(32-19)14-20-22(28)26(24(30)33-20)15-21(27)25-12-6-2-3-7-13-25/h4-5,8-11,14H,2-3,6-7,12-13,15H2,1H3. The van der Waals surface area contributed by atoms with E-state index in [2.05, 4.69) is 0 Å². The fourth-order valence-electron chi connectivity index (χ4n) is 3.88. The largest absolute Gasteiger partial charge is 0.465 e. The van der Waals surface area contributed by atoms with Gasteiger partial charge in [0.05, 0.1) is 17.6 Å².